The van der Waals surface area contributed by atoms with E-state index in [-0.39, 0.29) is 22.9 Å². The van der Waals surface area contributed by atoms with Crippen molar-refractivity contribution in [3.63, 3.8) is 0 Å². The lowest BCUT2D eigenvalue weighted by Crippen LogP contribution is -2.61. The summed E-state index contributed by atoms with van der Waals surface area (Å²) in [6.45, 7) is 8.83. The van der Waals surface area contributed by atoms with Crippen molar-refractivity contribution in [1.82, 2.24) is 14.9 Å². The summed E-state index contributed by atoms with van der Waals surface area (Å²) in [5.74, 6) is 0.592. The normalized spacial score (nSPS) is 19.0. The summed E-state index contributed by atoms with van der Waals surface area (Å²) in [7, 11) is 3.70. The number of nitrogens with zero attached hydrogens (tertiary/aromatic N) is 3. The molecular weight excluding hydrogens is 393 g/mol. The van der Waals surface area contributed by atoms with Crippen molar-refractivity contribution in [2.24, 2.45) is 0 Å². The molecule has 1 saturated heterocycles. The lowest BCUT2D eigenvalue weighted by atomic mass is 9.77. The van der Waals surface area contributed by atoms with Gasteiger partial charge in [0.25, 0.3) is 0 Å². The molecule has 1 aliphatic rings. The van der Waals surface area contributed by atoms with Gasteiger partial charge in [0.1, 0.15) is 5.75 Å². The Morgan fingerprint density at radius 3 is 2.45 bits per heavy atom. The molecule has 0 amide bonds. The molecule has 2 aromatic rings. The zero-order chi connectivity index (χ0) is 21.4. The number of methoxy groups -OCH3 is 1. The monoisotopic (exact) mass is 421 g/mol. The summed E-state index contributed by atoms with van der Waals surface area (Å²) >= 11 is 6.16. The summed E-state index contributed by atoms with van der Waals surface area (Å²) in [5, 5.41) is 6.83. The first-order chi connectivity index (χ1) is 13.5. The number of halogens is 2. The van der Waals surface area contributed by atoms with Gasteiger partial charge in [-0.3, -0.25) is 4.90 Å². The number of anilines is 3. The number of piperidine rings is 1. The Labute approximate surface area is 176 Å². The molecule has 0 unspecified atom stereocenters. The number of rotatable bonds is 5. The van der Waals surface area contributed by atoms with Gasteiger partial charge < -0.3 is 15.4 Å². The fourth-order valence-electron chi connectivity index (χ4n) is 4.07. The number of ether oxygens (including phenoxy) is 1. The average Bonchev–Trinajstić information content (AvgIpc) is 2.62. The Morgan fingerprint density at radius 1 is 1.21 bits per heavy atom. The van der Waals surface area contributed by atoms with Crippen LogP contribution in [-0.2, 0) is 0 Å². The summed E-state index contributed by atoms with van der Waals surface area (Å²) in [6, 6.07) is 5.36. The molecule has 3 rings (SSSR count). The highest BCUT2D eigenvalue weighted by molar-refractivity contribution is 6.32. The van der Waals surface area contributed by atoms with Crippen molar-refractivity contribution in [2.45, 2.75) is 57.7 Å². The highest BCUT2D eigenvalue weighted by Gasteiger charge is 2.43. The van der Waals surface area contributed by atoms with Gasteiger partial charge in [0.05, 0.1) is 18.3 Å². The van der Waals surface area contributed by atoms with Crippen molar-refractivity contribution in [1.29, 1.82) is 0 Å². The second kappa shape index (κ2) is 7.95. The fraction of sp³-hybridized carbons (Fsp3) is 0.524. The zero-order valence-corrected chi connectivity index (χ0v) is 18.6. The quantitative estimate of drug-likeness (QED) is 0.701. The highest BCUT2D eigenvalue weighted by Crippen LogP contribution is 2.38. The zero-order valence-electron chi connectivity index (χ0n) is 17.8. The Balaban J connectivity index is 1.78. The Kier molecular flexibility index (Phi) is 5.92. The molecule has 0 saturated carbocycles. The third-order valence-corrected chi connectivity index (χ3v) is 6.10. The number of hydrogen-bond acceptors (Lipinski definition) is 6. The third-order valence-electron chi connectivity index (χ3n) is 5.80. The van der Waals surface area contributed by atoms with Crippen LogP contribution in [0.2, 0.25) is 5.02 Å². The molecule has 1 aromatic heterocycles. The second-order valence-corrected chi connectivity index (χ2v) is 9.21. The largest absolute Gasteiger partial charge is 0.495 e. The van der Waals surface area contributed by atoms with Crippen LogP contribution >= 0.6 is 11.6 Å². The second-order valence-electron chi connectivity index (χ2n) is 8.80. The Hall–Kier alpha value is -2.12. The summed E-state index contributed by atoms with van der Waals surface area (Å²) in [4.78, 5) is 10.8. The van der Waals surface area contributed by atoms with Crippen LogP contribution in [0.15, 0.2) is 24.4 Å². The minimum atomic E-state index is -0.474. The Morgan fingerprint density at radius 2 is 1.86 bits per heavy atom. The minimum Gasteiger partial charge on any atom is -0.495 e. The summed E-state index contributed by atoms with van der Waals surface area (Å²) in [6.07, 6.45) is 2.94. The van der Waals surface area contributed by atoms with Crippen LogP contribution in [0.25, 0.3) is 0 Å². The van der Waals surface area contributed by atoms with Gasteiger partial charge in [0.15, 0.2) is 11.6 Å². The molecule has 8 heteroatoms. The first-order valence-electron chi connectivity index (χ1n) is 9.65. The molecule has 0 atom stereocenters. The highest BCUT2D eigenvalue weighted by atomic mass is 35.5. The van der Waals surface area contributed by atoms with Crippen LogP contribution in [0.5, 0.6) is 5.75 Å². The van der Waals surface area contributed by atoms with Crippen LogP contribution in [0.1, 0.15) is 40.5 Å². The smallest absolute Gasteiger partial charge is 0.229 e. The molecule has 0 bridgehead atoms. The molecule has 6 nitrogen and oxygen atoms in total. The summed E-state index contributed by atoms with van der Waals surface area (Å²) in [5.41, 5.74) is 0.670. The van der Waals surface area contributed by atoms with E-state index in [2.05, 4.69) is 60.2 Å². The van der Waals surface area contributed by atoms with E-state index in [1.165, 1.54) is 6.20 Å². The van der Waals surface area contributed by atoms with E-state index in [4.69, 9.17) is 16.3 Å². The van der Waals surface area contributed by atoms with Crippen molar-refractivity contribution in [2.75, 3.05) is 24.8 Å². The Bertz CT molecular complexity index is 871. The van der Waals surface area contributed by atoms with E-state index >= 15 is 0 Å². The van der Waals surface area contributed by atoms with Crippen LogP contribution in [0.4, 0.5) is 21.8 Å². The maximum Gasteiger partial charge on any atom is 0.229 e. The molecule has 0 spiro atoms. The molecule has 1 fully saturated rings. The summed E-state index contributed by atoms with van der Waals surface area (Å²) < 4.78 is 19.6. The first kappa shape index (κ1) is 21.6. The average molecular weight is 422 g/mol. The van der Waals surface area contributed by atoms with Crippen LogP contribution in [0, 0.1) is 5.82 Å². The van der Waals surface area contributed by atoms with Gasteiger partial charge >= 0.3 is 0 Å². The van der Waals surface area contributed by atoms with E-state index in [0.29, 0.717) is 22.4 Å². The van der Waals surface area contributed by atoms with Gasteiger partial charge in [-0.25, -0.2) is 9.37 Å². The lowest BCUT2D eigenvalue weighted by molar-refractivity contribution is -0.00778. The van der Waals surface area contributed by atoms with Gasteiger partial charge in [-0.05, 0) is 65.8 Å². The number of nitrogens with one attached hydrogen (secondary N) is 2. The van der Waals surface area contributed by atoms with Crippen molar-refractivity contribution >= 4 is 29.1 Å². The predicted octanol–water partition coefficient (Wildman–Crippen LogP) is 5.08. The SMILES string of the molecule is COc1ccc(Nc2ncc(F)c(NC3CC(C)(C)N(C)C(C)(C)C3)n2)cc1Cl. The van der Waals surface area contributed by atoms with Gasteiger partial charge in [-0.2, -0.15) is 4.98 Å². The van der Waals surface area contributed by atoms with Gasteiger partial charge in [0, 0.05) is 22.8 Å². The van der Waals surface area contributed by atoms with Crippen molar-refractivity contribution in [3.05, 3.63) is 35.2 Å². The molecule has 0 aliphatic carbocycles. The van der Waals surface area contributed by atoms with Crippen molar-refractivity contribution < 1.29 is 9.13 Å². The fourth-order valence-corrected chi connectivity index (χ4v) is 4.33. The molecule has 29 heavy (non-hydrogen) atoms. The lowest BCUT2D eigenvalue weighted by Gasteiger charge is -2.53. The van der Waals surface area contributed by atoms with Gasteiger partial charge in [-0.15, -0.1) is 0 Å². The third kappa shape index (κ3) is 4.73. The van der Waals surface area contributed by atoms with Crippen molar-refractivity contribution in [3.8, 4) is 5.75 Å². The van der Waals surface area contributed by atoms with E-state index in [1.54, 1.807) is 25.3 Å². The molecule has 2 N–H and O–H groups in total. The van der Waals surface area contributed by atoms with Crippen LogP contribution < -0.4 is 15.4 Å². The van der Waals surface area contributed by atoms with Gasteiger partial charge in [0.2, 0.25) is 5.95 Å². The maximum atomic E-state index is 14.4. The molecule has 2 heterocycles. The minimum absolute atomic E-state index is 0.0101. The molecule has 158 valence electrons. The molecule has 1 aliphatic heterocycles. The van der Waals surface area contributed by atoms with Crippen LogP contribution in [-0.4, -0.2) is 46.1 Å². The van der Waals surface area contributed by atoms with E-state index in [0.717, 1.165) is 12.8 Å². The van der Waals surface area contributed by atoms with Crippen LogP contribution in [0.3, 0.4) is 0 Å². The predicted molar refractivity (Wildman–Crippen MR) is 116 cm³/mol. The molecule has 1 aromatic carbocycles. The van der Waals surface area contributed by atoms with E-state index in [1.807, 2.05) is 0 Å². The topological polar surface area (TPSA) is 62.3 Å². The maximum absolute atomic E-state index is 14.4. The molecule has 0 radical (unpaired) electrons. The number of hydrogen-bond donors (Lipinski definition) is 2. The van der Waals surface area contributed by atoms with Gasteiger partial charge in [-0.1, -0.05) is 11.6 Å². The standard InChI is InChI=1S/C21H29ClFN5O/c1-20(2)10-14(11-21(3,4)28(20)5)25-18-16(23)12-24-19(27-18)26-13-7-8-17(29-6)15(22)9-13/h7-9,12,14H,10-11H2,1-6H3,(H2,24,25,26,27). The van der Waals surface area contributed by atoms with E-state index in [9.17, 15) is 4.39 Å². The number of likely N-dealkylation sites (tertiary alicyclic amines) is 1. The van der Waals surface area contributed by atoms with E-state index < -0.39 is 5.82 Å². The molecular formula is C21H29ClFN5O. The first-order valence-corrected chi connectivity index (χ1v) is 10.0. The number of aromatic nitrogens is 2. The number of benzene rings is 1.